The summed E-state index contributed by atoms with van der Waals surface area (Å²) in [7, 11) is 0.449. The zero-order valence-electron chi connectivity index (χ0n) is 19.0. The molecule has 1 aliphatic heterocycles. The molecule has 0 fully saturated rings. The Morgan fingerprint density at radius 1 is 0.938 bits per heavy atom. The van der Waals surface area contributed by atoms with Crippen LogP contribution < -0.4 is 9.62 Å². The Hall–Kier alpha value is -2.67. The van der Waals surface area contributed by atoms with Gasteiger partial charge in [-0.05, 0) is 54.3 Å². The second-order valence-electron chi connectivity index (χ2n) is 8.66. The number of anilines is 1. The fourth-order valence-electron chi connectivity index (χ4n) is 4.23. The van der Waals surface area contributed by atoms with E-state index in [-0.39, 0.29) is 6.04 Å². The first kappa shape index (κ1) is 22.5. The van der Waals surface area contributed by atoms with Gasteiger partial charge >= 0.3 is 0 Å². The van der Waals surface area contributed by atoms with E-state index in [2.05, 4.69) is 63.1 Å². The third-order valence-electron chi connectivity index (χ3n) is 6.19. The molecule has 4 rings (SSSR count). The maximum absolute atomic E-state index is 13.0. The smallest absolute Gasteiger partial charge is 0.240 e. The summed E-state index contributed by atoms with van der Waals surface area (Å²) in [6, 6.07) is 23.8. The van der Waals surface area contributed by atoms with Crippen LogP contribution in [0.3, 0.4) is 0 Å². The molecule has 5 nitrogen and oxygen atoms in total. The van der Waals surface area contributed by atoms with E-state index in [1.165, 1.54) is 11.1 Å². The van der Waals surface area contributed by atoms with Crippen LogP contribution in [0.25, 0.3) is 0 Å². The van der Waals surface area contributed by atoms with Crippen molar-refractivity contribution in [1.82, 2.24) is 9.62 Å². The highest BCUT2D eigenvalue weighted by Gasteiger charge is 2.26. The van der Waals surface area contributed by atoms with Crippen molar-refractivity contribution in [3.63, 3.8) is 0 Å². The third kappa shape index (κ3) is 5.04. The summed E-state index contributed by atoms with van der Waals surface area (Å²) in [6.07, 6.45) is 0.965. The van der Waals surface area contributed by atoms with E-state index in [9.17, 15) is 8.42 Å². The highest BCUT2D eigenvalue weighted by molar-refractivity contribution is 7.89. The lowest BCUT2D eigenvalue weighted by atomic mass is 9.96. The van der Waals surface area contributed by atoms with Gasteiger partial charge in [0.25, 0.3) is 0 Å². The number of benzene rings is 3. The van der Waals surface area contributed by atoms with E-state index >= 15 is 0 Å². The average molecular weight is 450 g/mol. The SMILES string of the molecule is Cc1ccc(S(=O)(=O)NCC(c2ccc(N(C)C)cc2)N2CCc3ccccc3C2)cc1. The van der Waals surface area contributed by atoms with Crippen molar-refractivity contribution < 1.29 is 8.42 Å². The number of rotatable bonds is 7. The van der Waals surface area contributed by atoms with Crippen LogP contribution in [0.2, 0.25) is 0 Å². The van der Waals surface area contributed by atoms with Crippen molar-refractivity contribution in [2.24, 2.45) is 0 Å². The molecule has 1 atom stereocenters. The Bertz CT molecular complexity index is 1160. The summed E-state index contributed by atoms with van der Waals surface area (Å²) in [5.41, 5.74) is 5.97. The van der Waals surface area contributed by atoms with E-state index in [1.807, 2.05) is 33.2 Å². The second-order valence-corrected chi connectivity index (χ2v) is 10.4. The summed E-state index contributed by atoms with van der Waals surface area (Å²) in [5.74, 6) is 0. The number of sulfonamides is 1. The van der Waals surface area contributed by atoms with E-state index in [0.29, 0.717) is 11.4 Å². The fourth-order valence-corrected chi connectivity index (χ4v) is 5.26. The van der Waals surface area contributed by atoms with Crippen molar-refractivity contribution in [2.45, 2.75) is 30.8 Å². The van der Waals surface area contributed by atoms with Gasteiger partial charge in [0, 0.05) is 45.5 Å². The van der Waals surface area contributed by atoms with Gasteiger partial charge in [0.05, 0.1) is 4.90 Å². The molecule has 168 valence electrons. The Labute approximate surface area is 191 Å². The lowest BCUT2D eigenvalue weighted by Crippen LogP contribution is -2.40. The van der Waals surface area contributed by atoms with E-state index < -0.39 is 10.0 Å². The highest BCUT2D eigenvalue weighted by atomic mass is 32.2. The molecule has 0 bridgehead atoms. The van der Waals surface area contributed by atoms with Crippen LogP contribution in [0.15, 0.2) is 77.7 Å². The fraction of sp³-hybridized carbons (Fsp3) is 0.308. The second kappa shape index (κ2) is 9.45. The Morgan fingerprint density at radius 2 is 1.59 bits per heavy atom. The molecule has 1 heterocycles. The summed E-state index contributed by atoms with van der Waals surface area (Å²) in [4.78, 5) is 4.74. The molecule has 3 aromatic rings. The summed E-state index contributed by atoms with van der Waals surface area (Å²) in [6.45, 7) is 3.97. The zero-order valence-corrected chi connectivity index (χ0v) is 19.8. The first-order valence-electron chi connectivity index (χ1n) is 11.0. The van der Waals surface area contributed by atoms with Crippen LogP contribution in [0.4, 0.5) is 5.69 Å². The first-order chi connectivity index (χ1) is 15.3. The van der Waals surface area contributed by atoms with Gasteiger partial charge in [-0.1, -0.05) is 54.1 Å². The van der Waals surface area contributed by atoms with Crippen LogP contribution in [-0.4, -0.2) is 40.5 Å². The summed E-state index contributed by atoms with van der Waals surface area (Å²) >= 11 is 0. The van der Waals surface area contributed by atoms with Crippen molar-refractivity contribution in [1.29, 1.82) is 0 Å². The van der Waals surface area contributed by atoms with Gasteiger partial charge in [-0.3, -0.25) is 4.90 Å². The molecule has 1 aliphatic rings. The van der Waals surface area contributed by atoms with Crippen molar-refractivity contribution in [2.75, 3.05) is 32.1 Å². The molecule has 0 saturated carbocycles. The maximum Gasteiger partial charge on any atom is 0.240 e. The minimum absolute atomic E-state index is 0.0557. The van der Waals surface area contributed by atoms with Crippen LogP contribution in [0.5, 0.6) is 0 Å². The average Bonchev–Trinajstić information content (AvgIpc) is 2.79. The molecule has 0 aromatic heterocycles. The van der Waals surface area contributed by atoms with Gasteiger partial charge in [-0.2, -0.15) is 0 Å². The standard InChI is InChI=1S/C26H31N3O2S/c1-20-8-14-25(15-9-20)32(30,31)27-18-26(22-10-12-24(13-11-22)28(2)3)29-17-16-21-6-4-5-7-23(21)19-29/h4-15,26-27H,16-19H2,1-3H3. The molecule has 0 saturated heterocycles. The number of aryl methyl sites for hydroxylation is 1. The van der Waals surface area contributed by atoms with Crippen LogP contribution in [0.1, 0.15) is 28.3 Å². The molecular formula is C26H31N3O2S. The first-order valence-corrected chi connectivity index (χ1v) is 12.5. The van der Waals surface area contributed by atoms with E-state index in [0.717, 1.165) is 36.3 Å². The van der Waals surface area contributed by atoms with E-state index in [4.69, 9.17) is 0 Å². The van der Waals surface area contributed by atoms with Crippen LogP contribution >= 0.6 is 0 Å². The Morgan fingerprint density at radius 3 is 2.25 bits per heavy atom. The molecule has 0 radical (unpaired) electrons. The normalized spacial score (nSPS) is 15.2. The van der Waals surface area contributed by atoms with Gasteiger partial charge < -0.3 is 4.90 Å². The quantitative estimate of drug-likeness (QED) is 0.589. The van der Waals surface area contributed by atoms with Gasteiger partial charge in [-0.15, -0.1) is 0 Å². The van der Waals surface area contributed by atoms with Gasteiger partial charge in [0.2, 0.25) is 10.0 Å². The van der Waals surface area contributed by atoms with Gasteiger partial charge in [0.15, 0.2) is 0 Å². The lowest BCUT2D eigenvalue weighted by molar-refractivity contribution is 0.180. The van der Waals surface area contributed by atoms with Gasteiger partial charge in [0.1, 0.15) is 0 Å². The zero-order chi connectivity index (χ0) is 22.7. The molecule has 1 unspecified atom stereocenters. The monoisotopic (exact) mass is 449 g/mol. The highest BCUT2D eigenvalue weighted by Crippen LogP contribution is 2.29. The molecule has 32 heavy (non-hydrogen) atoms. The largest absolute Gasteiger partial charge is 0.378 e. The van der Waals surface area contributed by atoms with Crippen molar-refractivity contribution in [3.8, 4) is 0 Å². The molecule has 0 spiro atoms. The number of nitrogens with one attached hydrogen (secondary N) is 1. The molecule has 1 N–H and O–H groups in total. The predicted molar refractivity (Wildman–Crippen MR) is 130 cm³/mol. The van der Waals surface area contributed by atoms with Crippen molar-refractivity contribution in [3.05, 3.63) is 95.1 Å². The molecule has 0 amide bonds. The summed E-state index contributed by atoms with van der Waals surface area (Å²) in [5, 5.41) is 0. The van der Waals surface area contributed by atoms with E-state index in [1.54, 1.807) is 12.1 Å². The molecular weight excluding hydrogens is 418 g/mol. The number of hydrogen-bond donors (Lipinski definition) is 1. The Balaban J connectivity index is 1.59. The molecule has 6 heteroatoms. The Kier molecular flexibility index (Phi) is 6.65. The number of hydrogen-bond acceptors (Lipinski definition) is 4. The summed E-state index contributed by atoms with van der Waals surface area (Å²) < 4.78 is 28.8. The topological polar surface area (TPSA) is 52.7 Å². The van der Waals surface area contributed by atoms with Crippen LogP contribution in [0, 0.1) is 6.92 Å². The maximum atomic E-state index is 13.0. The molecule has 0 aliphatic carbocycles. The van der Waals surface area contributed by atoms with Crippen LogP contribution in [-0.2, 0) is 23.0 Å². The minimum atomic E-state index is -3.59. The van der Waals surface area contributed by atoms with Gasteiger partial charge in [-0.25, -0.2) is 13.1 Å². The third-order valence-corrected chi connectivity index (χ3v) is 7.63. The minimum Gasteiger partial charge on any atom is -0.378 e. The molecule has 3 aromatic carbocycles. The van der Waals surface area contributed by atoms with Crippen molar-refractivity contribution >= 4 is 15.7 Å². The number of fused-ring (bicyclic) bond motifs is 1. The predicted octanol–water partition coefficient (Wildman–Crippen LogP) is 4.14. The lowest BCUT2D eigenvalue weighted by Gasteiger charge is -2.36. The number of nitrogens with zero attached hydrogens (tertiary/aromatic N) is 2.